The molecule has 0 bridgehead atoms. The normalized spacial score (nSPS) is 21.4. The molecule has 1 fully saturated rings. The maximum Gasteiger partial charge on any atom is 0.508 e. The lowest BCUT2D eigenvalue weighted by atomic mass is 10.0. The van der Waals surface area contributed by atoms with Crippen LogP contribution in [0.5, 0.6) is 0 Å². The highest BCUT2D eigenvalue weighted by Crippen LogP contribution is 2.13. The van der Waals surface area contributed by atoms with Crippen LogP contribution in [0.15, 0.2) is 12.2 Å². The van der Waals surface area contributed by atoms with Crippen molar-refractivity contribution < 1.29 is 14.3 Å². The molecule has 23 heavy (non-hydrogen) atoms. The van der Waals surface area contributed by atoms with Gasteiger partial charge in [-0.05, 0) is 18.9 Å². The van der Waals surface area contributed by atoms with Crippen molar-refractivity contribution in [3.8, 4) is 0 Å². The Bertz CT molecular complexity index is 331. The van der Waals surface area contributed by atoms with E-state index in [4.69, 9.17) is 15.2 Å². The molecule has 0 spiro atoms. The lowest BCUT2D eigenvalue weighted by Crippen LogP contribution is -2.45. The van der Waals surface area contributed by atoms with Crippen molar-refractivity contribution in [2.75, 3.05) is 6.61 Å². The van der Waals surface area contributed by atoms with E-state index < -0.39 is 6.16 Å². The van der Waals surface area contributed by atoms with Crippen molar-refractivity contribution in [3.05, 3.63) is 12.2 Å². The molecule has 2 atom stereocenters. The predicted octanol–water partition coefficient (Wildman–Crippen LogP) is 5.11. The molecule has 0 aliphatic carbocycles. The Labute approximate surface area is 141 Å². The van der Waals surface area contributed by atoms with E-state index >= 15 is 0 Å². The van der Waals surface area contributed by atoms with E-state index in [9.17, 15) is 4.79 Å². The molecule has 2 unspecified atom stereocenters. The molecule has 1 aliphatic rings. The molecule has 4 nitrogen and oxygen atoms in total. The number of carbonyl (C=O) groups excluding carboxylic acids is 1. The Morgan fingerprint density at radius 2 is 1.57 bits per heavy atom. The quantitative estimate of drug-likeness (QED) is 0.290. The average molecular weight is 325 g/mol. The Hall–Kier alpha value is -1.03. The summed E-state index contributed by atoms with van der Waals surface area (Å²) in [5.41, 5.74) is 5.83. The van der Waals surface area contributed by atoms with E-state index in [1.54, 1.807) is 0 Å². The summed E-state index contributed by atoms with van der Waals surface area (Å²) in [7, 11) is 0. The van der Waals surface area contributed by atoms with Crippen LogP contribution in [0.25, 0.3) is 0 Å². The highest BCUT2D eigenvalue weighted by molar-refractivity contribution is 5.61. The summed E-state index contributed by atoms with van der Waals surface area (Å²) in [4.78, 5) is 11.0. The van der Waals surface area contributed by atoms with Gasteiger partial charge in [-0.1, -0.05) is 77.2 Å². The number of allylic oxidation sites excluding steroid dienone is 1. The topological polar surface area (TPSA) is 61.5 Å². The summed E-state index contributed by atoms with van der Waals surface area (Å²) < 4.78 is 9.75. The first-order valence-electron chi connectivity index (χ1n) is 9.49. The van der Waals surface area contributed by atoms with Crippen LogP contribution in [-0.2, 0) is 9.47 Å². The largest absolute Gasteiger partial charge is 0.508 e. The summed E-state index contributed by atoms with van der Waals surface area (Å²) in [5, 5.41) is 0. The molecule has 1 rings (SSSR count). The second kappa shape index (κ2) is 13.4. The molecule has 1 heterocycles. The minimum atomic E-state index is -0.615. The third-order valence-electron chi connectivity index (χ3n) is 4.35. The lowest BCUT2D eigenvalue weighted by Gasteiger charge is -2.25. The third-order valence-corrected chi connectivity index (χ3v) is 4.35. The summed E-state index contributed by atoms with van der Waals surface area (Å²) in [5.74, 6) is 0. The zero-order valence-corrected chi connectivity index (χ0v) is 14.8. The fourth-order valence-electron chi connectivity index (χ4n) is 2.83. The molecule has 0 amide bonds. The molecule has 0 aromatic carbocycles. The molecule has 1 saturated heterocycles. The molecule has 0 radical (unpaired) electrons. The number of unbranched alkanes of at least 4 members (excludes halogenated alkanes) is 11. The maximum atomic E-state index is 11.0. The molecule has 134 valence electrons. The number of cyclic esters (lactones) is 2. The van der Waals surface area contributed by atoms with Crippen molar-refractivity contribution in [1.29, 1.82) is 0 Å². The molecule has 0 aromatic heterocycles. The van der Waals surface area contributed by atoms with E-state index in [1.807, 2.05) is 6.08 Å². The number of hydrogen-bond donors (Lipinski definition) is 1. The van der Waals surface area contributed by atoms with Gasteiger partial charge >= 0.3 is 6.16 Å². The molecule has 0 saturated carbocycles. The van der Waals surface area contributed by atoms with E-state index in [0.717, 1.165) is 6.42 Å². The standard InChI is InChI=1S/C19H35NO3/c1-2-3-4-5-6-7-8-9-10-11-12-13-14-15-18-17(20)16-22-19(21)23-18/h14-15,17-18H,2-13,16,20H2,1H3/b15-14+. The number of hydrogen-bond acceptors (Lipinski definition) is 4. The molecule has 0 aromatic rings. The second-order valence-electron chi connectivity index (χ2n) is 6.56. The Kier molecular flexibility index (Phi) is 11.7. The fourth-order valence-corrected chi connectivity index (χ4v) is 2.83. The van der Waals surface area contributed by atoms with Crippen LogP contribution < -0.4 is 5.73 Å². The number of ether oxygens (including phenoxy) is 2. The lowest BCUT2D eigenvalue weighted by molar-refractivity contribution is -0.0174. The van der Waals surface area contributed by atoms with E-state index in [0.29, 0.717) is 0 Å². The van der Waals surface area contributed by atoms with Crippen molar-refractivity contribution >= 4 is 6.16 Å². The van der Waals surface area contributed by atoms with Crippen molar-refractivity contribution in [3.63, 3.8) is 0 Å². The van der Waals surface area contributed by atoms with Gasteiger partial charge in [-0.2, -0.15) is 0 Å². The van der Waals surface area contributed by atoms with Crippen molar-refractivity contribution in [1.82, 2.24) is 0 Å². The van der Waals surface area contributed by atoms with Gasteiger partial charge < -0.3 is 15.2 Å². The zero-order valence-electron chi connectivity index (χ0n) is 14.8. The Balaban J connectivity index is 1.87. The van der Waals surface area contributed by atoms with Gasteiger partial charge in [0.2, 0.25) is 0 Å². The first-order chi connectivity index (χ1) is 11.2. The molecular formula is C19H35NO3. The Morgan fingerprint density at radius 1 is 1.00 bits per heavy atom. The van der Waals surface area contributed by atoms with Gasteiger partial charge in [0, 0.05) is 0 Å². The summed E-state index contributed by atoms with van der Waals surface area (Å²) in [6.07, 6.45) is 19.0. The van der Waals surface area contributed by atoms with Crippen LogP contribution in [0.2, 0.25) is 0 Å². The Morgan fingerprint density at radius 3 is 2.17 bits per heavy atom. The zero-order chi connectivity index (χ0) is 16.8. The maximum absolute atomic E-state index is 11.0. The first kappa shape index (κ1) is 20.0. The SMILES string of the molecule is CCCCCCCCCCCCC/C=C/C1OC(=O)OCC1N. The van der Waals surface area contributed by atoms with Crippen LogP contribution in [0.3, 0.4) is 0 Å². The monoisotopic (exact) mass is 325 g/mol. The van der Waals surface area contributed by atoms with E-state index in [2.05, 4.69) is 13.0 Å². The minimum Gasteiger partial charge on any atom is -0.432 e. The minimum absolute atomic E-state index is 0.242. The molecule has 4 heteroatoms. The molecule has 2 N–H and O–H groups in total. The van der Waals surface area contributed by atoms with Crippen LogP contribution in [0, 0.1) is 0 Å². The van der Waals surface area contributed by atoms with E-state index in [-0.39, 0.29) is 18.8 Å². The molecular weight excluding hydrogens is 290 g/mol. The van der Waals surface area contributed by atoms with Gasteiger partial charge in [-0.3, -0.25) is 0 Å². The van der Waals surface area contributed by atoms with Gasteiger partial charge in [-0.15, -0.1) is 0 Å². The van der Waals surface area contributed by atoms with Gasteiger partial charge in [0.25, 0.3) is 0 Å². The van der Waals surface area contributed by atoms with Gasteiger partial charge in [-0.25, -0.2) is 4.79 Å². The smallest absolute Gasteiger partial charge is 0.432 e. The number of carbonyl (C=O) groups is 1. The second-order valence-corrected chi connectivity index (χ2v) is 6.56. The van der Waals surface area contributed by atoms with Crippen LogP contribution >= 0.6 is 0 Å². The fraction of sp³-hybridized carbons (Fsp3) is 0.842. The van der Waals surface area contributed by atoms with Gasteiger partial charge in [0.05, 0.1) is 6.04 Å². The van der Waals surface area contributed by atoms with Gasteiger partial charge in [0.15, 0.2) is 0 Å². The summed E-state index contributed by atoms with van der Waals surface area (Å²) in [6.45, 7) is 2.51. The molecule has 1 aliphatic heterocycles. The summed E-state index contributed by atoms with van der Waals surface area (Å²) in [6, 6.07) is -0.249. The first-order valence-corrected chi connectivity index (χ1v) is 9.49. The van der Waals surface area contributed by atoms with Gasteiger partial charge in [0.1, 0.15) is 12.7 Å². The number of nitrogens with two attached hydrogens (primary N) is 1. The average Bonchev–Trinajstić information content (AvgIpc) is 2.55. The number of rotatable bonds is 13. The van der Waals surface area contributed by atoms with Crippen LogP contribution in [0.1, 0.15) is 84.0 Å². The van der Waals surface area contributed by atoms with Crippen LogP contribution in [-0.4, -0.2) is 24.9 Å². The highest BCUT2D eigenvalue weighted by Gasteiger charge is 2.26. The predicted molar refractivity (Wildman–Crippen MR) is 94.4 cm³/mol. The van der Waals surface area contributed by atoms with Crippen molar-refractivity contribution in [2.45, 2.75) is 96.1 Å². The van der Waals surface area contributed by atoms with Crippen LogP contribution in [0.4, 0.5) is 4.79 Å². The highest BCUT2D eigenvalue weighted by atomic mass is 16.7. The van der Waals surface area contributed by atoms with Crippen molar-refractivity contribution in [2.24, 2.45) is 5.73 Å². The van der Waals surface area contributed by atoms with E-state index in [1.165, 1.54) is 70.6 Å². The third kappa shape index (κ3) is 10.4. The summed E-state index contributed by atoms with van der Waals surface area (Å²) >= 11 is 0.